The maximum absolute atomic E-state index is 12.8. The van der Waals surface area contributed by atoms with Crippen molar-refractivity contribution in [1.29, 1.82) is 0 Å². The zero-order chi connectivity index (χ0) is 62.1. The molecule has 34 heteroatoms. The summed E-state index contributed by atoms with van der Waals surface area (Å²) in [5.74, 6) is -0.827. The number of rotatable bonds is 23. The Hall–Kier alpha value is -4.00. The summed E-state index contributed by atoms with van der Waals surface area (Å²) in [6.45, 7) is -2.75. The number of thiocarbonyl (C=S) groups is 1. The van der Waals surface area contributed by atoms with Crippen molar-refractivity contribution < 1.29 is 142 Å². The van der Waals surface area contributed by atoms with Gasteiger partial charge in [-0.1, -0.05) is 24.3 Å². The molecule has 1 amide bonds. The van der Waals surface area contributed by atoms with Crippen molar-refractivity contribution in [2.24, 2.45) is 10.2 Å². The molecule has 30 nitrogen and oxygen atoms in total. The van der Waals surface area contributed by atoms with Crippen LogP contribution in [0.3, 0.4) is 0 Å². The molecule has 4 saturated heterocycles. The smallest absolute Gasteiger partial charge is 0.744 e. The molecule has 4 aliphatic rings. The van der Waals surface area contributed by atoms with E-state index in [1.165, 1.54) is 18.2 Å². The molecule has 0 radical (unpaired) electrons. The van der Waals surface area contributed by atoms with Crippen LogP contribution in [0.2, 0.25) is 0 Å². The molecule has 87 heavy (non-hydrogen) atoms. The van der Waals surface area contributed by atoms with Crippen molar-refractivity contribution >= 4 is 84.3 Å². The van der Waals surface area contributed by atoms with Gasteiger partial charge in [0.15, 0.2) is 24.0 Å². The first-order valence-electron chi connectivity index (χ1n) is 27.0. The minimum Gasteiger partial charge on any atom is -0.744 e. The van der Waals surface area contributed by atoms with Crippen molar-refractivity contribution in [3.05, 3.63) is 84.9 Å². The number of ether oxygens (including phenoxy) is 7. The van der Waals surface area contributed by atoms with E-state index in [9.17, 15) is 79.0 Å². The second-order valence-electron chi connectivity index (χ2n) is 20.6. The molecule has 4 heterocycles. The molecular formula is C53H70N7NaO23S3. The van der Waals surface area contributed by atoms with Crippen molar-refractivity contribution in [3.8, 4) is 0 Å². The molecule has 0 aliphatic carbocycles. The fourth-order valence-electron chi connectivity index (χ4n) is 9.86. The number of nitrogens with zero attached hydrogens (tertiary/aromatic N) is 3. The number of hydrogen-bond acceptors (Lipinski definition) is 29. The first kappa shape index (κ1) is 70.5. The number of carbonyl (C=O) groups is 1. The van der Waals surface area contributed by atoms with E-state index in [0.717, 1.165) is 17.4 Å². The first-order chi connectivity index (χ1) is 41.0. The standard InChI is InChI=1S/C53H71N7O23S3.Na/c1-60(2)27-15-13-26(14-16-27)59-58-25-11-9-24(10-12-25)57-53(84)56-19-31-37(65)38(66)42(70)49(77-31)81-46-32(20-61)78-50(43(71)39(46)67)82-47-33(21-62)79-51(44(72)40(47)68)83-48-34(22-63)80-52(45(73)41(48)69)85-23-36(64)55-18-17-54-30-7-3-6-29-28(30)5-4-8-35(29)86(74,75)76;/h3-16,31-34,37-52,54,61-63,65-73H,17-23H2,1-2H3,(H,55,64)(H2,56,57,84)(H,74,75,76);/q;+1/p-1/t31-,32-,33-,34-,37+,38+,39-,40-,41-,42-,43-,44-,45-,46-,47-,48-,49+,50+,51+,52+;/m1./s1. The monoisotopic (exact) mass is 1290 g/mol. The normalized spacial score (nSPS) is 32.9. The Morgan fingerprint density at radius 3 is 1.62 bits per heavy atom. The number of anilines is 3. The summed E-state index contributed by atoms with van der Waals surface area (Å²) in [6, 6.07) is 23.3. The van der Waals surface area contributed by atoms with Crippen molar-refractivity contribution in [1.82, 2.24) is 10.6 Å². The largest absolute Gasteiger partial charge is 1.00 e. The third-order valence-corrected chi connectivity index (χ3v) is 16.8. The molecule has 0 bridgehead atoms. The molecule has 16 N–H and O–H groups in total. The van der Waals surface area contributed by atoms with E-state index in [2.05, 4.69) is 31.5 Å². The number of azo groups is 1. The average molecular weight is 1290 g/mol. The van der Waals surface area contributed by atoms with Crippen molar-refractivity contribution in [2.45, 2.75) is 127 Å². The summed E-state index contributed by atoms with van der Waals surface area (Å²) >= 11 is 6.19. The Morgan fingerprint density at radius 2 is 1.09 bits per heavy atom. The van der Waals surface area contributed by atoms with E-state index >= 15 is 0 Å². The minimum absolute atomic E-state index is 0. The van der Waals surface area contributed by atoms with E-state index in [-0.39, 0.29) is 70.3 Å². The van der Waals surface area contributed by atoms with E-state index in [1.54, 1.807) is 42.5 Å². The predicted molar refractivity (Wildman–Crippen MR) is 306 cm³/mol. The van der Waals surface area contributed by atoms with Gasteiger partial charge in [0.1, 0.15) is 113 Å². The van der Waals surface area contributed by atoms with Gasteiger partial charge in [0.2, 0.25) is 5.91 Å². The van der Waals surface area contributed by atoms with Gasteiger partial charge >= 0.3 is 29.6 Å². The summed E-state index contributed by atoms with van der Waals surface area (Å²) in [4.78, 5) is 14.4. The van der Waals surface area contributed by atoms with Crippen LogP contribution in [0.4, 0.5) is 28.4 Å². The number of carbonyl (C=O) groups excluding carboxylic acids is 1. The maximum atomic E-state index is 12.8. The molecule has 0 saturated carbocycles. The molecule has 4 aromatic carbocycles. The number of fused-ring (bicyclic) bond motifs is 1. The number of aliphatic hydroxyl groups excluding tert-OH is 12. The van der Waals surface area contributed by atoms with Crippen molar-refractivity contribution in [3.63, 3.8) is 0 Å². The van der Waals surface area contributed by atoms with Gasteiger partial charge in [0.25, 0.3) is 0 Å². The Kier molecular flexibility index (Phi) is 25.8. The number of nitrogens with one attached hydrogen (secondary N) is 4. The van der Waals surface area contributed by atoms with Gasteiger partial charge < -0.3 is 125 Å². The summed E-state index contributed by atoms with van der Waals surface area (Å²) in [6.07, 6.45) is -34.3. The summed E-state index contributed by atoms with van der Waals surface area (Å²) in [5.41, 5.74) is 1.98. The summed E-state index contributed by atoms with van der Waals surface area (Å²) in [5, 5.41) is 152. The molecule has 4 aliphatic heterocycles. The van der Waals surface area contributed by atoms with Gasteiger partial charge in [-0.3, -0.25) is 4.79 Å². The van der Waals surface area contributed by atoms with Crippen molar-refractivity contribution in [2.75, 3.05) is 74.8 Å². The van der Waals surface area contributed by atoms with E-state index in [0.29, 0.717) is 28.1 Å². The van der Waals surface area contributed by atoms with Crippen LogP contribution in [0.25, 0.3) is 10.8 Å². The zero-order valence-corrected chi connectivity index (χ0v) is 51.5. The zero-order valence-electron chi connectivity index (χ0n) is 47.0. The number of amides is 1. The van der Waals surface area contributed by atoms with Crippen LogP contribution in [0.1, 0.15) is 0 Å². The number of benzene rings is 4. The second-order valence-corrected chi connectivity index (χ2v) is 23.5. The van der Waals surface area contributed by atoms with Gasteiger partial charge in [0.05, 0.1) is 41.8 Å². The van der Waals surface area contributed by atoms with E-state index < -0.39 is 158 Å². The van der Waals surface area contributed by atoms with Crippen LogP contribution >= 0.6 is 24.0 Å². The molecule has 4 aromatic rings. The summed E-state index contributed by atoms with van der Waals surface area (Å²) in [7, 11) is -0.882. The molecule has 0 aromatic heterocycles. The molecule has 0 unspecified atom stereocenters. The number of aliphatic hydroxyl groups is 12. The minimum atomic E-state index is -4.74. The van der Waals surface area contributed by atoms with Gasteiger partial charge in [-0.2, -0.15) is 10.2 Å². The van der Waals surface area contributed by atoms with Crippen LogP contribution in [0.5, 0.6) is 0 Å². The quantitative estimate of drug-likeness (QED) is 0.0108. The van der Waals surface area contributed by atoms with Gasteiger partial charge in [-0.15, -0.1) is 11.8 Å². The van der Waals surface area contributed by atoms with Gasteiger partial charge in [-0.25, -0.2) is 8.42 Å². The number of hydrogen-bond donors (Lipinski definition) is 16. The number of thioether (sulfide) groups is 1. The topological polar surface area (TPSA) is 458 Å². The second kappa shape index (κ2) is 31.8. The van der Waals surface area contributed by atoms with Crippen LogP contribution in [-0.2, 0) is 48.1 Å². The van der Waals surface area contributed by atoms with Gasteiger partial charge in [-0.05, 0) is 72.9 Å². The summed E-state index contributed by atoms with van der Waals surface area (Å²) < 4.78 is 75.7. The predicted octanol–water partition coefficient (Wildman–Crippen LogP) is -6.24. The molecule has 0 spiro atoms. The third-order valence-electron chi connectivity index (χ3n) is 14.5. The first-order valence-corrected chi connectivity index (χ1v) is 29.9. The van der Waals surface area contributed by atoms with E-state index in [1.807, 2.05) is 43.3 Å². The Bertz CT molecular complexity index is 3020. The van der Waals surface area contributed by atoms with Crippen LogP contribution in [0.15, 0.2) is 100 Å². The average Bonchev–Trinajstić information content (AvgIpc) is 2.27. The van der Waals surface area contributed by atoms with Gasteiger partial charge in [0, 0.05) is 61.6 Å². The molecule has 20 atom stereocenters. The fourth-order valence-corrected chi connectivity index (χ4v) is 11.8. The SMILES string of the molecule is CN(C)c1ccc(N=Nc2ccc(NC(=S)NC[C@H]3O[C@@H](O[C@H]4[C@H](O)[C@@H](O)[C@H](O[C@H]5[C@H](O)[C@@H](O)[C@H](O[C@H]6[C@H](O)[C@@H](O)[C@H](SCC(=O)NCCNc7cccc8c(S(=O)(=O)[O-])cccc78)O[C@@H]6CO)O[C@@H]5CO)O[C@@H]4CO)[C@H](O)[C@@H](O)[C@H]3O)cc2)cc1.[Na+]. The van der Waals surface area contributed by atoms with Crippen LogP contribution < -0.4 is 55.7 Å². The molecule has 474 valence electrons. The molecular weight excluding hydrogens is 1220 g/mol. The van der Waals surface area contributed by atoms with Crippen LogP contribution in [-0.4, -0.2) is 267 Å². The molecule has 4 fully saturated rings. The molecule has 8 rings (SSSR count). The fraction of sp³-hybridized carbons (Fsp3) is 0.547. The maximum Gasteiger partial charge on any atom is 1.00 e. The van der Waals surface area contributed by atoms with Crippen LogP contribution in [0, 0.1) is 0 Å². The third kappa shape index (κ3) is 17.3. The Morgan fingerprint density at radius 1 is 0.609 bits per heavy atom. The van der Waals surface area contributed by atoms with E-state index in [4.69, 9.17) is 45.4 Å². The Balaban J connectivity index is 0.0000108. The Labute approximate surface area is 530 Å².